The number of nitrogens with zero attached hydrogens (tertiary/aromatic N) is 3. The molecule has 0 saturated carbocycles. The predicted molar refractivity (Wildman–Crippen MR) is 125 cm³/mol. The predicted octanol–water partition coefficient (Wildman–Crippen LogP) is 5.52. The molecule has 1 heterocycles. The Balaban J connectivity index is 2.15. The van der Waals surface area contributed by atoms with Gasteiger partial charge in [0.05, 0.1) is 23.2 Å². The summed E-state index contributed by atoms with van der Waals surface area (Å²) in [5.41, 5.74) is 2.43. The average Bonchev–Trinajstić information content (AvgIpc) is 2.78. The molecule has 0 aliphatic heterocycles. The maximum atomic E-state index is 13.7. The summed E-state index contributed by atoms with van der Waals surface area (Å²) >= 11 is 3.42. The van der Waals surface area contributed by atoms with Crippen LogP contribution >= 0.6 is 15.9 Å². The number of benzene rings is 2. The van der Waals surface area contributed by atoms with Gasteiger partial charge in [0.2, 0.25) is 5.88 Å². The fourth-order valence-electron chi connectivity index (χ4n) is 3.78. The Morgan fingerprint density at radius 3 is 2.58 bits per heavy atom. The number of aromatic nitrogens is 2. The third-order valence-corrected chi connectivity index (χ3v) is 5.94. The van der Waals surface area contributed by atoms with Crippen molar-refractivity contribution in [2.45, 2.75) is 52.0 Å². The van der Waals surface area contributed by atoms with Gasteiger partial charge in [-0.1, -0.05) is 60.5 Å². The standard InChI is InChI=1S/C25H26BrN3O2/c1-3-5-9-23-28-24(30)21(15-17-10-12-20(26)13-11-17)25(31)29(23)22(4-2)19-8-6-7-18(14-19)16-27/h6-8,10-14,22,30H,3-5,9,15H2,1-2H3. The second-order valence-corrected chi connectivity index (χ2v) is 8.49. The van der Waals surface area contributed by atoms with E-state index in [0.717, 1.165) is 28.4 Å². The number of aromatic hydroxyl groups is 1. The normalized spacial score (nSPS) is 11.8. The smallest absolute Gasteiger partial charge is 0.261 e. The van der Waals surface area contributed by atoms with E-state index in [1.807, 2.05) is 49.4 Å². The lowest BCUT2D eigenvalue weighted by atomic mass is 10.0. The average molecular weight is 480 g/mol. The lowest BCUT2D eigenvalue weighted by Gasteiger charge is -2.23. The van der Waals surface area contributed by atoms with E-state index in [-0.39, 0.29) is 23.0 Å². The molecule has 1 aromatic heterocycles. The molecular weight excluding hydrogens is 454 g/mol. The molecule has 1 N–H and O–H groups in total. The van der Waals surface area contributed by atoms with Gasteiger partial charge in [0, 0.05) is 17.3 Å². The second-order valence-electron chi connectivity index (χ2n) is 7.57. The zero-order valence-corrected chi connectivity index (χ0v) is 19.4. The van der Waals surface area contributed by atoms with Crippen LogP contribution in [0.4, 0.5) is 0 Å². The Labute approximate surface area is 191 Å². The highest BCUT2D eigenvalue weighted by Gasteiger charge is 2.23. The topological polar surface area (TPSA) is 78.9 Å². The van der Waals surface area contributed by atoms with Crippen LogP contribution in [-0.2, 0) is 12.8 Å². The summed E-state index contributed by atoms with van der Waals surface area (Å²) in [5.74, 6) is 0.383. The van der Waals surface area contributed by atoms with Crippen molar-refractivity contribution in [1.82, 2.24) is 9.55 Å². The van der Waals surface area contributed by atoms with Crippen LogP contribution in [0, 0.1) is 11.3 Å². The number of unbranched alkanes of at least 4 members (excludes halogenated alkanes) is 1. The molecular formula is C25H26BrN3O2. The van der Waals surface area contributed by atoms with E-state index in [9.17, 15) is 15.2 Å². The van der Waals surface area contributed by atoms with E-state index < -0.39 is 0 Å². The summed E-state index contributed by atoms with van der Waals surface area (Å²) in [7, 11) is 0. The van der Waals surface area contributed by atoms with Crippen LogP contribution in [0.25, 0.3) is 0 Å². The maximum absolute atomic E-state index is 13.7. The largest absolute Gasteiger partial charge is 0.493 e. The molecule has 1 unspecified atom stereocenters. The maximum Gasteiger partial charge on any atom is 0.261 e. The highest BCUT2D eigenvalue weighted by Crippen LogP contribution is 2.26. The molecule has 1 atom stereocenters. The summed E-state index contributed by atoms with van der Waals surface area (Å²) < 4.78 is 2.68. The SMILES string of the molecule is CCCCc1nc(O)c(Cc2ccc(Br)cc2)c(=O)n1C(CC)c1cccc(C#N)c1. The van der Waals surface area contributed by atoms with Crippen molar-refractivity contribution in [3.05, 3.63) is 91.4 Å². The highest BCUT2D eigenvalue weighted by atomic mass is 79.9. The Morgan fingerprint density at radius 2 is 1.94 bits per heavy atom. The van der Waals surface area contributed by atoms with Gasteiger partial charge in [-0.2, -0.15) is 10.2 Å². The van der Waals surface area contributed by atoms with E-state index in [0.29, 0.717) is 30.7 Å². The molecule has 0 amide bonds. The zero-order valence-electron chi connectivity index (χ0n) is 17.8. The van der Waals surface area contributed by atoms with E-state index in [1.165, 1.54) is 0 Å². The highest BCUT2D eigenvalue weighted by molar-refractivity contribution is 9.10. The van der Waals surface area contributed by atoms with Gasteiger partial charge in [0.1, 0.15) is 5.82 Å². The van der Waals surface area contributed by atoms with Crippen LogP contribution in [0.2, 0.25) is 0 Å². The van der Waals surface area contributed by atoms with Gasteiger partial charge >= 0.3 is 0 Å². The number of rotatable bonds is 8. The van der Waals surface area contributed by atoms with E-state index >= 15 is 0 Å². The lowest BCUT2D eigenvalue weighted by molar-refractivity contribution is 0.420. The van der Waals surface area contributed by atoms with Crippen molar-refractivity contribution in [1.29, 1.82) is 5.26 Å². The van der Waals surface area contributed by atoms with Gasteiger partial charge in [-0.25, -0.2) is 0 Å². The molecule has 0 saturated heterocycles. The molecule has 6 heteroatoms. The molecule has 0 radical (unpaired) electrons. The van der Waals surface area contributed by atoms with Crippen molar-refractivity contribution < 1.29 is 5.11 Å². The first-order valence-corrected chi connectivity index (χ1v) is 11.4. The summed E-state index contributed by atoms with van der Waals surface area (Å²) in [6, 6.07) is 16.9. The van der Waals surface area contributed by atoms with Gasteiger partial charge in [0.25, 0.3) is 5.56 Å². The summed E-state index contributed by atoms with van der Waals surface area (Å²) in [6.45, 7) is 4.10. The molecule has 3 aromatic rings. The van der Waals surface area contributed by atoms with Crippen molar-refractivity contribution in [2.75, 3.05) is 0 Å². The third-order valence-electron chi connectivity index (χ3n) is 5.41. The fraction of sp³-hybridized carbons (Fsp3) is 0.320. The minimum atomic E-state index is -0.260. The van der Waals surface area contributed by atoms with Gasteiger partial charge in [0.15, 0.2) is 0 Å². The minimum absolute atomic E-state index is 0.198. The number of aryl methyl sites for hydroxylation is 1. The van der Waals surface area contributed by atoms with Gasteiger partial charge in [-0.15, -0.1) is 0 Å². The van der Waals surface area contributed by atoms with Crippen LogP contribution in [0.3, 0.4) is 0 Å². The van der Waals surface area contributed by atoms with E-state index in [4.69, 9.17) is 0 Å². The van der Waals surface area contributed by atoms with Crippen LogP contribution in [0.5, 0.6) is 5.88 Å². The van der Waals surface area contributed by atoms with Crippen LogP contribution in [0.1, 0.15) is 67.2 Å². The Morgan fingerprint density at radius 1 is 1.19 bits per heavy atom. The molecule has 0 aliphatic carbocycles. The minimum Gasteiger partial charge on any atom is -0.493 e. The zero-order chi connectivity index (χ0) is 22.4. The van der Waals surface area contributed by atoms with Crippen molar-refractivity contribution in [3.63, 3.8) is 0 Å². The summed E-state index contributed by atoms with van der Waals surface area (Å²) in [5, 5.41) is 20.0. The lowest BCUT2D eigenvalue weighted by Crippen LogP contribution is -2.32. The summed E-state index contributed by atoms with van der Waals surface area (Å²) in [4.78, 5) is 18.1. The quantitative estimate of drug-likeness (QED) is 0.461. The summed E-state index contributed by atoms with van der Waals surface area (Å²) in [6.07, 6.45) is 3.39. The number of hydrogen-bond donors (Lipinski definition) is 1. The van der Waals surface area contributed by atoms with Crippen LogP contribution < -0.4 is 5.56 Å². The number of nitriles is 1. The van der Waals surface area contributed by atoms with Crippen molar-refractivity contribution >= 4 is 15.9 Å². The van der Waals surface area contributed by atoms with Gasteiger partial charge in [-0.05, 0) is 48.2 Å². The molecule has 0 spiro atoms. The Kier molecular flexibility index (Phi) is 7.64. The van der Waals surface area contributed by atoms with Gasteiger partial charge < -0.3 is 5.11 Å². The molecule has 160 valence electrons. The van der Waals surface area contributed by atoms with Crippen LogP contribution in [0.15, 0.2) is 57.8 Å². The first-order chi connectivity index (χ1) is 15.0. The molecule has 0 aliphatic rings. The monoisotopic (exact) mass is 479 g/mol. The molecule has 2 aromatic carbocycles. The second kappa shape index (κ2) is 10.4. The Bertz CT molecular complexity index is 1150. The van der Waals surface area contributed by atoms with Crippen LogP contribution in [-0.4, -0.2) is 14.7 Å². The van der Waals surface area contributed by atoms with Gasteiger partial charge in [-0.3, -0.25) is 9.36 Å². The Hall–Kier alpha value is -2.91. The molecule has 3 rings (SSSR count). The molecule has 0 fully saturated rings. The fourth-order valence-corrected chi connectivity index (χ4v) is 4.04. The third kappa shape index (κ3) is 5.23. The molecule has 5 nitrogen and oxygen atoms in total. The first-order valence-electron chi connectivity index (χ1n) is 10.6. The number of hydrogen-bond acceptors (Lipinski definition) is 4. The van der Waals surface area contributed by atoms with Crippen molar-refractivity contribution in [2.24, 2.45) is 0 Å². The molecule has 0 bridgehead atoms. The van der Waals surface area contributed by atoms with E-state index in [1.54, 1.807) is 10.6 Å². The first kappa shape index (κ1) is 22.8. The van der Waals surface area contributed by atoms with E-state index in [2.05, 4.69) is 33.9 Å². The molecule has 31 heavy (non-hydrogen) atoms. The van der Waals surface area contributed by atoms with Crippen molar-refractivity contribution in [3.8, 4) is 11.9 Å². The number of halogens is 1.